The molecular formula is C14H10ClF3N2S. The second-order valence-electron chi connectivity index (χ2n) is 4.25. The van der Waals surface area contributed by atoms with E-state index in [1.807, 2.05) is 0 Å². The Morgan fingerprint density at radius 1 is 1.10 bits per heavy atom. The molecule has 0 saturated heterocycles. The molecule has 0 bridgehead atoms. The lowest BCUT2D eigenvalue weighted by Crippen LogP contribution is -2.12. The third-order valence-electron chi connectivity index (χ3n) is 2.74. The van der Waals surface area contributed by atoms with Crippen LogP contribution in [0.5, 0.6) is 0 Å². The maximum Gasteiger partial charge on any atom is 0.416 e. The zero-order chi connectivity index (χ0) is 15.6. The third-order valence-corrected chi connectivity index (χ3v) is 3.19. The Bertz CT molecular complexity index is 669. The van der Waals surface area contributed by atoms with Crippen LogP contribution in [0.2, 0.25) is 5.02 Å². The van der Waals surface area contributed by atoms with Crippen LogP contribution in [0, 0.1) is 0 Å². The minimum Gasteiger partial charge on any atom is -0.389 e. The predicted octanol–water partition coefficient (Wildman–Crippen LogP) is 4.74. The Kier molecular flexibility index (Phi) is 4.39. The van der Waals surface area contributed by atoms with Crippen LogP contribution in [0.3, 0.4) is 0 Å². The van der Waals surface area contributed by atoms with Crippen molar-refractivity contribution >= 4 is 40.2 Å². The van der Waals surface area contributed by atoms with Crippen LogP contribution < -0.4 is 11.1 Å². The standard InChI is InChI=1S/C14H10ClF3N2S/c15-9-3-6-12(11(7-9)13(19)21)20-10-4-1-8(2-5-10)14(16,17)18/h1-7,20H,(H2,19,21). The fourth-order valence-electron chi connectivity index (χ4n) is 1.73. The van der Waals surface area contributed by atoms with Crippen molar-refractivity contribution in [2.45, 2.75) is 6.18 Å². The highest BCUT2D eigenvalue weighted by atomic mass is 35.5. The van der Waals surface area contributed by atoms with Crippen molar-refractivity contribution in [3.63, 3.8) is 0 Å². The highest BCUT2D eigenvalue weighted by Gasteiger charge is 2.29. The van der Waals surface area contributed by atoms with Gasteiger partial charge in [0.15, 0.2) is 0 Å². The van der Waals surface area contributed by atoms with Crippen LogP contribution in [-0.2, 0) is 6.18 Å². The summed E-state index contributed by atoms with van der Waals surface area (Å²) in [5, 5.41) is 3.43. The van der Waals surface area contributed by atoms with Gasteiger partial charge in [-0.15, -0.1) is 0 Å². The average Bonchev–Trinajstić information content (AvgIpc) is 2.40. The van der Waals surface area contributed by atoms with Crippen molar-refractivity contribution in [3.05, 3.63) is 58.6 Å². The lowest BCUT2D eigenvalue weighted by atomic mass is 10.1. The van der Waals surface area contributed by atoms with Crippen molar-refractivity contribution in [3.8, 4) is 0 Å². The van der Waals surface area contributed by atoms with Gasteiger partial charge in [-0.3, -0.25) is 0 Å². The molecule has 0 unspecified atom stereocenters. The van der Waals surface area contributed by atoms with Gasteiger partial charge in [-0.1, -0.05) is 23.8 Å². The number of alkyl halides is 3. The van der Waals surface area contributed by atoms with Gasteiger partial charge in [0.25, 0.3) is 0 Å². The van der Waals surface area contributed by atoms with Crippen molar-refractivity contribution < 1.29 is 13.2 Å². The first-order valence-corrected chi connectivity index (χ1v) is 6.59. The van der Waals surface area contributed by atoms with Crippen molar-refractivity contribution in [2.75, 3.05) is 5.32 Å². The quantitative estimate of drug-likeness (QED) is 0.798. The molecule has 2 aromatic carbocycles. The topological polar surface area (TPSA) is 38.0 Å². The molecule has 7 heteroatoms. The highest BCUT2D eigenvalue weighted by molar-refractivity contribution is 7.80. The van der Waals surface area contributed by atoms with E-state index in [0.29, 0.717) is 22.0 Å². The normalized spacial score (nSPS) is 11.2. The highest BCUT2D eigenvalue weighted by Crippen LogP contribution is 2.31. The Hall–Kier alpha value is -1.79. The fraction of sp³-hybridized carbons (Fsp3) is 0.0714. The van der Waals surface area contributed by atoms with Crippen molar-refractivity contribution in [1.82, 2.24) is 0 Å². The molecule has 2 nitrogen and oxygen atoms in total. The Morgan fingerprint density at radius 3 is 2.24 bits per heavy atom. The second kappa shape index (κ2) is 5.91. The first kappa shape index (κ1) is 15.6. The largest absolute Gasteiger partial charge is 0.416 e. The van der Waals surface area contributed by atoms with Crippen LogP contribution in [0.4, 0.5) is 24.5 Å². The van der Waals surface area contributed by atoms with Crippen LogP contribution in [0.25, 0.3) is 0 Å². The van der Waals surface area contributed by atoms with Gasteiger partial charge in [-0.05, 0) is 42.5 Å². The lowest BCUT2D eigenvalue weighted by molar-refractivity contribution is -0.137. The summed E-state index contributed by atoms with van der Waals surface area (Å²) in [4.78, 5) is 0.145. The van der Waals surface area contributed by atoms with Gasteiger partial charge in [0.1, 0.15) is 4.99 Å². The molecule has 0 amide bonds. The van der Waals surface area contributed by atoms with E-state index in [1.165, 1.54) is 12.1 Å². The van der Waals surface area contributed by atoms with E-state index in [9.17, 15) is 13.2 Å². The third kappa shape index (κ3) is 3.86. The monoisotopic (exact) mass is 330 g/mol. The molecule has 0 spiro atoms. The van der Waals surface area contributed by atoms with E-state index < -0.39 is 11.7 Å². The van der Waals surface area contributed by atoms with Gasteiger partial charge in [-0.2, -0.15) is 13.2 Å². The van der Waals surface area contributed by atoms with Gasteiger partial charge in [-0.25, -0.2) is 0 Å². The number of benzene rings is 2. The number of hydrogen-bond donors (Lipinski definition) is 2. The molecule has 0 aromatic heterocycles. The smallest absolute Gasteiger partial charge is 0.389 e. The molecule has 21 heavy (non-hydrogen) atoms. The van der Waals surface area contributed by atoms with Gasteiger partial charge in [0.2, 0.25) is 0 Å². The molecule has 3 N–H and O–H groups in total. The van der Waals surface area contributed by atoms with Crippen LogP contribution in [0.1, 0.15) is 11.1 Å². The summed E-state index contributed by atoms with van der Waals surface area (Å²) in [7, 11) is 0. The SMILES string of the molecule is NC(=S)c1cc(Cl)ccc1Nc1ccc(C(F)(F)F)cc1. The minimum atomic E-state index is -4.36. The number of anilines is 2. The second-order valence-corrected chi connectivity index (χ2v) is 5.13. The molecule has 0 atom stereocenters. The van der Waals surface area contributed by atoms with E-state index in [0.717, 1.165) is 12.1 Å². The predicted molar refractivity (Wildman–Crippen MR) is 82.1 cm³/mol. The van der Waals surface area contributed by atoms with Crippen molar-refractivity contribution in [2.24, 2.45) is 5.73 Å². The number of nitrogens with two attached hydrogens (primary N) is 1. The van der Waals surface area contributed by atoms with Crippen LogP contribution >= 0.6 is 23.8 Å². The summed E-state index contributed by atoms with van der Waals surface area (Å²) in [5.41, 5.74) is 6.48. The molecule has 0 fully saturated rings. The zero-order valence-electron chi connectivity index (χ0n) is 10.5. The fourth-order valence-corrected chi connectivity index (χ4v) is 2.07. The Morgan fingerprint density at radius 2 is 1.71 bits per heavy atom. The van der Waals surface area contributed by atoms with Crippen molar-refractivity contribution in [1.29, 1.82) is 0 Å². The summed E-state index contributed by atoms with van der Waals surface area (Å²) in [5.74, 6) is 0. The molecule has 0 aliphatic rings. The number of halogens is 4. The number of thiocarbonyl (C=S) groups is 1. The first-order valence-electron chi connectivity index (χ1n) is 5.81. The molecular weight excluding hydrogens is 321 g/mol. The Balaban J connectivity index is 2.28. The molecule has 0 radical (unpaired) electrons. The molecule has 2 aromatic rings. The molecule has 0 heterocycles. The van der Waals surface area contributed by atoms with Gasteiger partial charge in [0, 0.05) is 22.0 Å². The molecule has 2 rings (SSSR count). The molecule has 110 valence electrons. The summed E-state index contributed by atoms with van der Waals surface area (Å²) in [6.45, 7) is 0. The number of nitrogens with one attached hydrogen (secondary N) is 1. The zero-order valence-corrected chi connectivity index (χ0v) is 12.1. The van der Waals surface area contributed by atoms with E-state index in [1.54, 1.807) is 18.2 Å². The van der Waals surface area contributed by atoms with Crippen LogP contribution in [0.15, 0.2) is 42.5 Å². The Labute approximate surface area is 129 Å². The van der Waals surface area contributed by atoms with Gasteiger partial charge < -0.3 is 11.1 Å². The summed E-state index contributed by atoms with van der Waals surface area (Å²) in [6, 6.07) is 9.56. The number of rotatable bonds is 3. The average molecular weight is 331 g/mol. The number of hydrogen-bond acceptors (Lipinski definition) is 2. The molecule has 0 aliphatic heterocycles. The van der Waals surface area contributed by atoms with Gasteiger partial charge in [0.05, 0.1) is 5.56 Å². The molecule has 0 saturated carbocycles. The maximum atomic E-state index is 12.5. The van der Waals surface area contributed by atoms with E-state index in [2.05, 4.69) is 5.32 Å². The van der Waals surface area contributed by atoms with E-state index >= 15 is 0 Å². The first-order chi connectivity index (χ1) is 9.77. The summed E-state index contributed by atoms with van der Waals surface area (Å²) >= 11 is 10.8. The van der Waals surface area contributed by atoms with E-state index in [4.69, 9.17) is 29.6 Å². The lowest BCUT2D eigenvalue weighted by Gasteiger charge is -2.13. The minimum absolute atomic E-state index is 0.145. The molecule has 0 aliphatic carbocycles. The maximum absolute atomic E-state index is 12.5. The summed E-state index contributed by atoms with van der Waals surface area (Å²) < 4.78 is 37.5. The summed E-state index contributed by atoms with van der Waals surface area (Å²) in [6.07, 6.45) is -4.36. The van der Waals surface area contributed by atoms with Gasteiger partial charge >= 0.3 is 6.18 Å². The van der Waals surface area contributed by atoms with E-state index in [-0.39, 0.29) is 4.99 Å². The van der Waals surface area contributed by atoms with Crippen LogP contribution in [-0.4, -0.2) is 4.99 Å².